The van der Waals surface area contributed by atoms with E-state index in [1.165, 1.54) is 12.1 Å². The van der Waals surface area contributed by atoms with Gasteiger partial charge in [0.25, 0.3) is 0 Å². The average Bonchev–Trinajstić information content (AvgIpc) is 2.73. The number of alkyl halides is 3. The number of allylic oxidation sites excluding steroid dienone is 2. The van der Waals surface area contributed by atoms with Gasteiger partial charge in [-0.2, -0.15) is 13.2 Å². The summed E-state index contributed by atoms with van der Waals surface area (Å²) in [5.41, 5.74) is 0.156. The van der Waals surface area contributed by atoms with Gasteiger partial charge in [-0.05, 0) is 69.2 Å². The minimum atomic E-state index is -4.29. The van der Waals surface area contributed by atoms with E-state index in [4.69, 9.17) is 0 Å². The number of rotatable bonds is 6. The van der Waals surface area contributed by atoms with Crippen LogP contribution in [0.2, 0.25) is 0 Å². The van der Waals surface area contributed by atoms with Crippen molar-refractivity contribution in [3.05, 3.63) is 47.5 Å². The zero-order chi connectivity index (χ0) is 20.9. The Balaban J connectivity index is 1.40. The second kappa shape index (κ2) is 9.79. The van der Waals surface area contributed by atoms with E-state index in [9.17, 15) is 18.0 Å². The molecule has 0 spiro atoms. The zero-order valence-electron chi connectivity index (χ0n) is 17.1. The van der Waals surface area contributed by atoms with E-state index in [-0.39, 0.29) is 11.8 Å². The first-order chi connectivity index (χ1) is 13.8. The molecule has 3 nitrogen and oxygen atoms in total. The lowest BCUT2D eigenvalue weighted by Crippen LogP contribution is -2.41. The van der Waals surface area contributed by atoms with Gasteiger partial charge in [-0.1, -0.05) is 30.4 Å². The number of hydrogen-bond donors (Lipinski definition) is 0. The lowest BCUT2D eigenvalue weighted by Gasteiger charge is -2.35. The van der Waals surface area contributed by atoms with Gasteiger partial charge in [0.1, 0.15) is 0 Å². The molecular formula is C23H31F3N2O. The largest absolute Gasteiger partial charge is 0.416 e. The molecular weight excluding hydrogens is 377 g/mol. The number of piperidine rings is 1. The van der Waals surface area contributed by atoms with E-state index in [0.29, 0.717) is 12.3 Å². The Morgan fingerprint density at radius 3 is 2.59 bits per heavy atom. The van der Waals surface area contributed by atoms with Gasteiger partial charge in [0.2, 0.25) is 5.91 Å². The summed E-state index contributed by atoms with van der Waals surface area (Å²) in [6.45, 7) is 3.47. The SMILES string of the molecule is CN(CC1CCN(CCc2cccc(C(F)(F)F)c2)CC1)C(=O)[C@H]1CC=CCC1. The molecule has 0 saturated carbocycles. The van der Waals surface area contributed by atoms with E-state index in [0.717, 1.165) is 69.9 Å². The molecule has 0 radical (unpaired) electrons. The number of carbonyl (C=O) groups excluding carboxylic acids is 1. The molecule has 3 rings (SSSR count). The molecule has 1 aliphatic heterocycles. The molecule has 1 aliphatic carbocycles. The Bertz CT molecular complexity index is 708. The molecule has 1 fully saturated rings. The highest BCUT2D eigenvalue weighted by Crippen LogP contribution is 2.30. The molecule has 1 atom stereocenters. The molecule has 1 aromatic carbocycles. The van der Waals surface area contributed by atoms with Crippen LogP contribution in [0.15, 0.2) is 36.4 Å². The van der Waals surface area contributed by atoms with Crippen molar-refractivity contribution >= 4 is 5.91 Å². The third-order valence-electron chi connectivity index (χ3n) is 6.20. The van der Waals surface area contributed by atoms with Gasteiger partial charge in [-0.3, -0.25) is 4.79 Å². The van der Waals surface area contributed by atoms with Crippen molar-refractivity contribution < 1.29 is 18.0 Å². The number of benzene rings is 1. The van der Waals surface area contributed by atoms with Gasteiger partial charge >= 0.3 is 6.18 Å². The number of hydrogen-bond acceptors (Lipinski definition) is 2. The van der Waals surface area contributed by atoms with Crippen LogP contribution < -0.4 is 0 Å². The lowest BCUT2D eigenvalue weighted by atomic mass is 9.91. The molecule has 1 heterocycles. The molecule has 1 amide bonds. The number of likely N-dealkylation sites (tertiary alicyclic amines) is 1. The molecule has 29 heavy (non-hydrogen) atoms. The first kappa shape index (κ1) is 21.9. The molecule has 6 heteroatoms. The van der Waals surface area contributed by atoms with Crippen LogP contribution in [0.1, 0.15) is 43.2 Å². The van der Waals surface area contributed by atoms with Crippen molar-refractivity contribution in [2.24, 2.45) is 11.8 Å². The minimum Gasteiger partial charge on any atom is -0.345 e. The third kappa shape index (κ3) is 6.33. The molecule has 0 aromatic heterocycles. The van der Waals surface area contributed by atoms with Gasteiger partial charge in [-0.25, -0.2) is 0 Å². The normalized spacial score (nSPS) is 21.3. The predicted molar refractivity (Wildman–Crippen MR) is 108 cm³/mol. The predicted octanol–water partition coefficient (Wildman–Crippen LogP) is 4.77. The van der Waals surface area contributed by atoms with Crippen LogP contribution in [0, 0.1) is 11.8 Å². The fraction of sp³-hybridized carbons (Fsp3) is 0.609. The summed E-state index contributed by atoms with van der Waals surface area (Å²) in [5.74, 6) is 0.909. The number of nitrogens with zero attached hydrogens (tertiary/aromatic N) is 2. The van der Waals surface area contributed by atoms with Crippen molar-refractivity contribution in [1.29, 1.82) is 0 Å². The summed E-state index contributed by atoms with van der Waals surface area (Å²) in [7, 11) is 1.92. The highest BCUT2D eigenvalue weighted by molar-refractivity contribution is 5.78. The van der Waals surface area contributed by atoms with Crippen molar-refractivity contribution in [1.82, 2.24) is 9.80 Å². The Morgan fingerprint density at radius 1 is 1.17 bits per heavy atom. The summed E-state index contributed by atoms with van der Waals surface area (Å²) >= 11 is 0. The standard InChI is InChI=1S/C23H31F3N2O/c1-27(22(29)20-7-3-2-4-8-20)17-19-11-14-28(15-12-19)13-10-18-6-5-9-21(16-18)23(24,25)26/h2-3,5-6,9,16,19-20H,4,7-8,10-15,17H2,1H3/t20-/m0/s1. The van der Waals surface area contributed by atoms with Gasteiger partial charge in [0.15, 0.2) is 0 Å². The average molecular weight is 409 g/mol. The maximum atomic E-state index is 12.8. The van der Waals surface area contributed by atoms with E-state index >= 15 is 0 Å². The second-order valence-corrected chi connectivity index (χ2v) is 8.43. The minimum absolute atomic E-state index is 0.137. The van der Waals surface area contributed by atoms with Crippen LogP contribution >= 0.6 is 0 Å². The van der Waals surface area contributed by atoms with Crippen LogP contribution in [0.3, 0.4) is 0 Å². The van der Waals surface area contributed by atoms with Crippen LogP contribution in [-0.2, 0) is 17.4 Å². The van der Waals surface area contributed by atoms with E-state index in [1.807, 2.05) is 11.9 Å². The highest BCUT2D eigenvalue weighted by atomic mass is 19.4. The summed E-state index contributed by atoms with van der Waals surface area (Å²) < 4.78 is 38.5. The van der Waals surface area contributed by atoms with Crippen LogP contribution in [0.4, 0.5) is 13.2 Å². The fourth-order valence-electron chi connectivity index (χ4n) is 4.39. The maximum Gasteiger partial charge on any atom is 0.416 e. The fourth-order valence-corrected chi connectivity index (χ4v) is 4.39. The summed E-state index contributed by atoms with van der Waals surface area (Å²) in [4.78, 5) is 16.8. The van der Waals surface area contributed by atoms with Gasteiger partial charge < -0.3 is 9.80 Å². The molecule has 1 saturated heterocycles. The summed E-state index contributed by atoms with van der Waals surface area (Å²) in [5, 5.41) is 0. The number of amides is 1. The molecule has 0 bridgehead atoms. The second-order valence-electron chi connectivity index (χ2n) is 8.43. The first-order valence-corrected chi connectivity index (χ1v) is 10.6. The van der Waals surface area contributed by atoms with Crippen molar-refractivity contribution in [3.8, 4) is 0 Å². The van der Waals surface area contributed by atoms with Crippen molar-refractivity contribution in [3.63, 3.8) is 0 Å². The van der Waals surface area contributed by atoms with Crippen molar-refractivity contribution in [2.45, 2.75) is 44.7 Å². The molecule has 0 unspecified atom stereocenters. The van der Waals surface area contributed by atoms with E-state index in [2.05, 4.69) is 17.1 Å². The van der Waals surface area contributed by atoms with E-state index < -0.39 is 11.7 Å². The van der Waals surface area contributed by atoms with Gasteiger partial charge in [0, 0.05) is 26.1 Å². The monoisotopic (exact) mass is 408 g/mol. The smallest absolute Gasteiger partial charge is 0.345 e. The number of halogens is 3. The quantitative estimate of drug-likeness (QED) is 0.633. The van der Waals surface area contributed by atoms with Crippen LogP contribution in [0.25, 0.3) is 0 Å². The summed E-state index contributed by atoms with van der Waals surface area (Å²) in [6, 6.07) is 5.63. The Morgan fingerprint density at radius 2 is 1.93 bits per heavy atom. The third-order valence-corrected chi connectivity index (χ3v) is 6.20. The lowest BCUT2D eigenvalue weighted by molar-refractivity contribution is -0.137. The molecule has 1 aromatic rings. The van der Waals surface area contributed by atoms with E-state index in [1.54, 1.807) is 6.07 Å². The topological polar surface area (TPSA) is 23.6 Å². The molecule has 160 valence electrons. The zero-order valence-corrected chi connectivity index (χ0v) is 17.1. The van der Waals surface area contributed by atoms with Gasteiger partial charge in [0.05, 0.1) is 5.56 Å². The molecule has 0 N–H and O–H groups in total. The van der Waals surface area contributed by atoms with Gasteiger partial charge in [-0.15, -0.1) is 0 Å². The highest BCUT2D eigenvalue weighted by Gasteiger charge is 2.30. The van der Waals surface area contributed by atoms with Crippen molar-refractivity contribution in [2.75, 3.05) is 33.2 Å². The van der Waals surface area contributed by atoms with Crippen LogP contribution in [-0.4, -0.2) is 48.9 Å². The summed E-state index contributed by atoms with van der Waals surface area (Å²) in [6.07, 6.45) is 5.48. The Labute approximate surface area is 171 Å². The number of carbonyl (C=O) groups is 1. The Hall–Kier alpha value is -1.82. The maximum absolute atomic E-state index is 12.8. The van der Waals surface area contributed by atoms with Crippen LogP contribution in [0.5, 0.6) is 0 Å². The molecule has 2 aliphatic rings. The Kier molecular flexibility index (Phi) is 7.38. The first-order valence-electron chi connectivity index (χ1n) is 10.6.